The van der Waals surface area contributed by atoms with Crippen LogP contribution in [0.2, 0.25) is 0 Å². The second-order valence-electron chi connectivity index (χ2n) is 5.47. The van der Waals surface area contributed by atoms with Crippen LogP contribution in [0, 0.1) is 0 Å². The molecule has 0 heterocycles. The van der Waals surface area contributed by atoms with Crippen molar-refractivity contribution in [3.05, 3.63) is 23.3 Å². The first kappa shape index (κ1) is 19.8. The molecular weight excluding hydrogens is 308 g/mol. The molecule has 1 aromatic carbocycles. The molecule has 0 aliphatic carbocycles. The summed E-state index contributed by atoms with van der Waals surface area (Å²) in [5.41, 5.74) is 0.657. The van der Waals surface area contributed by atoms with Gasteiger partial charge in [0.1, 0.15) is 11.5 Å². The average Bonchev–Trinajstić information content (AvgIpc) is 2.60. The lowest BCUT2D eigenvalue weighted by Gasteiger charge is -2.15. The normalized spacial score (nSPS) is 10.2. The molecule has 0 saturated carbocycles. The number of unbranched alkanes of at least 4 members (excludes halogenated alkanes) is 2. The number of nitrogens with one attached hydrogen (secondary N) is 2. The van der Waals surface area contributed by atoms with Crippen molar-refractivity contribution in [3.63, 3.8) is 0 Å². The number of amides is 2. The fourth-order valence-corrected chi connectivity index (χ4v) is 2.20. The Balaban J connectivity index is 3.07. The van der Waals surface area contributed by atoms with E-state index in [1.165, 1.54) is 20.3 Å². The van der Waals surface area contributed by atoms with E-state index < -0.39 is 0 Å². The Morgan fingerprint density at radius 2 is 1.25 bits per heavy atom. The lowest BCUT2D eigenvalue weighted by Crippen LogP contribution is -2.27. The minimum absolute atomic E-state index is 0.259. The molecule has 0 saturated heterocycles. The maximum atomic E-state index is 12.4. The van der Waals surface area contributed by atoms with Crippen LogP contribution in [0.15, 0.2) is 12.1 Å². The van der Waals surface area contributed by atoms with Gasteiger partial charge in [-0.2, -0.15) is 0 Å². The SMILES string of the molecule is CCCCNC(=O)c1cc(C(=O)NCCCC)c(OC)cc1OC. The van der Waals surface area contributed by atoms with E-state index in [4.69, 9.17) is 9.47 Å². The Morgan fingerprint density at radius 1 is 0.833 bits per heavy atom. The smallest absolute Gasteiger partial charge is 0.255 e. The van der Waals surface area contributed by atoms with Gasteiger partial charge >= 0.3 is 0 Å². The molecule has 6 heteroatoms. The minimum atomic E-state index is -0.259. The van der Waals surface area contributed by atoms with Gasteiger partial charge in [-0.25, -0.2) is 0 Å². The van der Waals surface area contributed by atoms with Crippen molar-refractivity contribution in [2.75, 3.05) is 27.3 Å². The predicted molar refractivity (Wildman–Crippen MR) is 94.0 cm³/mol. The van der Waals surface area contributed by atoms with Gasteiger partial charge in [0.25, 0.3) is 11.8 Å². The Morgan fingerprint density at radius 3 is 1.58 bits per heavy atom. The minimum Gasteiger partial charge on any atom is -0.496 e. The molecule has 0 fully saturated rings. The molecule has 0 aliphatic rings. The first-order valence-corrected chi connectivity index (χ1v) is 8.41. The van der Waals surface area contributed by atoms with Gasteiger partial charge in [0.15, 0.2) is 0 Å². The van der Waals surface area contributed by atoms with E-state index in [0.717, 1.165) is 25.7 Å². The van der Waals surface area contributed by atoms with Gasteiger partial charge < -0.3 is 20.1 Å². The first-order chi connectivity index (χ1) is 11.6. The summed E-state index contributed by atoms with van der Waals surface area (Å²) in [5, 5.41) is 5.68. The summed E-state index contributed by atoms with van der Waals surface area (Å²) in [6.07, 6.45) is 3.78. The van der Waals surface area contributed by atoms with Crippen LogP contribution in [0.25, 0.3) is 0 Å². The van der Waals surface area contributed by atoms with E-state index in [-0.39, 0.29) is 11.8 Å². The van der Waals surface area contributed by atoms with Gasteiger partial charge in [0.2, 0.25) is 0 Å². The summed E-state index contributed by atoms with van der Waals surface area (Å²) in [5.74, 6) is 0.244. The highest BCUT2D eigenvalue weighted by atomic mass is 16.5. The van der Waals surface area contributed by atoms with Crippen LogP contribution in [0.4, 0.5) is 0 Å². The van der Waals surface area contributed by atoms with Crippen molar-refractivity contribution in [1.82, 2.24) is 10.6 Å². The number of hydrogen-bond donors (Lipinski definition) is 2. The van der Waals surface area contributed by atoms with Crippen LogP contribution in [0.3, 0.4) is 0 Å². The van der Waals surface area contributed by atoms with Crippen LogP contribution >= 0.6 is 0 Å². The maximum Gasteiger partial charge on any atom is 0.255 e. The molecular formula is C18H28N2O4. The van der Waals surface area contributed by atoms with Crippen LogP contribution in [-0.2, 0) is 0 Å². The third kappa shape index (κ3) is 5.44. The molecule has 24 heavy (non-hydrogen) atoms. The summed E-state index contributed by atoms with van der Waals surface area (Å²) >= 11 is 0. The maximum absolute atomic E-state index is 12.4. The van der Waals surface area contributed by atoms with Crippen LogP contribution in [0.1, 0.15) is 60.2 Å². The Bertz CT molecular complexity index is 513. The molecule has 1 aromatic rings. The topological polar surface area (TPSA) is 76.7 Å². The molecule has 0 bridgehead atoms. The van der Waals surface area contributed by atoms with Gasteiger partial charge in [0, 0.05) is 19.2 Å². The number of benzene rings is 1. The van der Waals surface area contributed by atoms with E-state index in [0.29, 0.717) is 35.7 Å². The molecule has 1 rings (SSSR count). The van der Waals surface area contributed by atoms with Crippen molar-refractivity contribution in [2.24, 2.45) is 0 Å². The van der Waals surface area contributed by atoms with Crippen LogP contribution in [0.5, 0.6) is 11.5 Å². The van der Waals surface area contributed by atoms with Gasteiger partial charge in [-0.05, 0) is 18.9 Å². The highest BCUT2D eigenvalue weighted by Crippen LogP contribution is 2.29. The number of rotatable bonds is 10. The highest BCUT2D eigenvalue weighted by Gasteiger charge is 2.20. The highest BCUT2D eigenvalue weighted by molar-refractivity contribution is 6.03. The Hall–Kier alpha value is -2.24. The molecule has 0 unspecified atom stereocenters. The molecule has 0 spiro atoms. The average molecular weight is 336 g/mol. The van der Waals surface area contributed by atoms with E-state index >= 15 is 0 Å². The molecule has 0 atom stereocenters. The fraction of sp³-hybridized carbons (Fsp3) is 0.556. The molecule has 6 nitrogen and oxygen atoms in total. The summed E-state index contributed by atoms with van der Waals surface area (Å²) in [7, 11) is 2.97. The monoisotopic (exact) mass is 336 g/mol. The van der Waals surface area contributed by atoms with Gasteiger partial charge in [-0.3, -0.25) is 9.59 Å². The molecule has 134 valence electrons. The molecule has 0 aliphatic heterocycles. The molecule has 0 radical (unpaired) electrons. The van der Waals surface area contributed by atoms with Gasteiger partial charge in [-0.1, -0.05) is 26.7 Å². The van der Waals surface area contributed by atoms with Gasteiger partial charge in [0.05, 0.1) is 25.3 Å². The van der Waals surface area contributed by atoms with Gasteiger partial charge in [-0.15, -0.1) is 0 Å². The summed E-state index contributed by atoms with van der Waals surface area (Å²) < 4.78 is 10.6. The quantitative estimate of drug-likeness (QED) is 0.644. The van der Waals surface area contributed by atoms with E-state index in [2.05, 4.69) is 24.5 Å². The van der Waals surface area contributed by atoms with Crippen LogP contribution < -0.4 is 20.1 Å². The molecule has 2 N–H and O–H groups in total. The summed E-state index contributed by atoms with van der Waals surface area (Å²) in [6, 6.07) is 3.10. The van der Waals surface area contributed by atoms with E-state index in [9.17, 15) is 9.59 Å². The number of ether oxygens (including phenoxy) is 2. The third-order valence-electron chi connectivity index (χ3n) is 3.64. The largest absolute Gasteiger partial charge is 0.496 e. The lowest BCUT2D eigenvalue weighted by atomic mass is 10.1. The Kier molecular flexibility index (Phi) is 8.68. The first-order valence-electron chi connectivity index (χ1n) is 8.41. The molecule has 0 aromatic heterocycles. The van der Waals surface area contributed by atoms with Crippen molar-refractivity contribution in [1.29, 1.82) is 0 Å². The number of methoxy groups -OCH3 is 2. The van der Waals surface area contributed by atoms with E-state index in [1.807, 2.05) is 0 Å². The third-order valence-corrected chi connectivity index (χ3v) is 3.64. The fourth-order valence-electron chi connectivity index (χ4n) is 2.20. The Labute approximate surface area is 143 Å². The number of carbonyl (C=O) groups excluding carboxylic acids is 2. The predicted octanol–water partition coefficient (Wildman–Crippen LogP) is 2.76. The van der Waals surface area contributed by atoms with E-state index in [1.54, 1.807) is 6.07 Å². The lowest BCUT2D eigenvalue weighted by molar-refractivity contribution is 0.0950. The van der Waals surface area contributed by atoms with Crippen molar-refractivity contribution >= 4 is 11.8 Å². The second kappa shape index (κ2) is 10.5. The summed E-state index contributed by atoms with van der Waals surface area (Å²) in [6.45, 7) is 5.28. The van der Waals surface area contributed by atoms with Crippen molar-refractivity contribution < 1.29 is 19.1 Å². The zero-order chi connectivity index (χ0) is 17.9. The van der Waals surface area contributed by atoms with Crippen molar-refractivity contribution in [2.45, 2.75) is 39.5 Å². The second-order valence-corrected chi connectivity index (χ2v) is 5.47. The zero-order valence-electron chi connectivity index (χ0n) is 15.0. The number of carbonyl (C=O) groups is 2. The number of hydrogen-bond acceptors (Lipinski definition) is 4. The van der Waals surface area contributed by atoms with Crippen molar-refractivity contribution in [3.8, 4) is 11.5 Å². The standard InChI is InChI=1S/C18H28N2O4/c1-5-7-9-19-17(21)13-11-14(18(22)20-10-8-6-2)16(24-4)12-15(13)23-3/h11-12H,5-10H2,1-4H3,(H,19,21)(H,20,22). The zero-order valence-corrected chi connectivity index (χ0v) is 15.0. The van der Waals surface area contributed by atoms with Crippen LogP contribution in [-0.4, -0.2) is 39.1 Å². The molecule has 2 amide bonds. The summed E-state index contributed by atoms with van der Waals surface area (Å²) in [4.78, 5) is 24.7.